The second-order valence-corrected chi connectivity index (χ2v) is 2.91. The molecule has 60 valence electrons. The van der Waals surface area contributed by atoms with Crippen molar-refractivity contribution in [1.29, 1.82) is 0 Å². The van der Waals surface area contributed by atoms with E-state index in [0.29, 0.717) is 5.92 Å². The minimum Gasteiger partial charge on any atom is -0.129 e. The summed E-state index contributed by atoms with van der Waals surface area (Å²) in [4.78, 5) is 0. The van der Waals surface area contributed by atoms with Gasteiger partial charge in [0.1, 0.15) is 0 Å². The van der Waals surface area contributed by atoms with Crippen LogP contribution in [0.4, 0.5) is 0 Å². The fourth-order valence-corrected chi connectivity index (χ4v) is 0.962. The van der Waals surface area contributed by atoms with Gasteiger partial charge in [0, 0.05) is 6.42 Å². The van der Waals surface area contributed by atoms with Gasteiger partial charge in [0.15, 0.2) is 0 Å². The molecule has 0 aliphatic heterocycles. The Labute approximate surface area is 70.0 Å². The third kappa shape index (κ3) is 4.48. The highest BCUT2D eigenvalue weighted by Gasteiger charge is 2.00. The molecule has 0 aliphatic rings. The lowest BCUT2D eigenvalue weighted by Crippen LogP contribution is -1.92. The second-order valence-electron chi connectivity index (χ2n) is 2.91. The highest BCUT2D eigenvalue weighted by atomic mass is 14.0. The molecule has 0 bridgehead atoms. The lowest BCUT2D eigenvalue weighted by molar-refractivity contribution is 0.692. The molecule has 0 atom stereocenters. The normalized spacial score (nSPS) is 8.91. The third-order valence-corrected chi connectivity index (χ3v) is 1.69. The van der Waals surface area contributed by atoms with Crippen LogP contribution in [0.3, 0.4) is 0 Å². The summed E-state index contributed by atoms with van der Waals surface area (Å²) >= 11 is 0. The van der Waals surface area contributed by atoms with Crippen molar-refractivity contribution in [3.63, 3.8) is 0 Å². The SMILES string of the molecule is C#CCCCC(=C=C)C(C)C. The van der Waals surface area contributed by atoms with E-state index < -0.39 is 0 Å². The minimum absolute atomic E-state index is 0.560. The molecule has 0 heteroatoms. The molecule has 0 spiro atoms. The summed E-state index contributed by atoms with van der Waals surface area (Å²) in [5.41, 5.74) is 4.25. The largest absolute Gasteiger partial charge is 0.129 e. The molecule has 0 heterocycles. The predicted octanol–water partition coefficient (Wildman–Crippen LogP) is 3.16. The van der Waals surface area contributed by atoms with Gasteiger partial charge in [0.25, 0.3) is 0 Å². The zero-order valence-electron chi connectivity index (χ0n) is 7.48. The van der Waals surface area contributed by atoms with Crippen LogP contribution in [0, 0.1) is 18.3 Å². The Morgan fingerprint density at radius 1 is 1.55 bits per heavy atom. The molecule has 0 rings (SSSR count). The van der Waals surface area contributed by atoms with Gasteiger partial charge in [-0.1, -0.05) is 20.4 Å². The van der Waals surface area contributed by atoms with Crippen LogP contribution in [0.5, 0.6) is 0 Å². The van der Waals surface area contributed by atoms with E-state index in [1.807, 2.05) is 0 Å². The second kappa shape index (κ2) is 5.83. The molecule has 0 aliphatic carbocycles. The van der Waals surface area contributed by atoms with Crippen LogP contribution >= 0.6 is 0 Å². The Morgan fingerprint density at radius 2 is 2.18 bits per heavy atom. The van der Waals surface area contributed by atoms with Crippen molar-refractivity contribution in [1.82, 2.24) is 0 Å². The molecule has 0 saturated carbocycles. The average Bonchev–Trinajstić information content (AvgIpc) is 1.97. The van der Waals surface area contributed by atoms with Crippen LogP contribution in [0.1, 0.15) is 33.1 Å². The lowest BCUT2D eigenvalue weighted by Gasteiger charge is -2.06. The molecule has 0 N–H and O–H groups in total. The molecule has 0 aromatic heterocycles. The van der Waals surface area contributed by atoms with Crippen LogP contribution in [0.15, 0.2) is 17.9 Å². The summed E-state index contributed by atoms with van der Waals surface area (Å²) in [6, 6.07) is 0. The summed E-state index contributed by atoms with van der Waals surface area (Å²) in [6.45, 7) is 7.96. The maximum atomic E-state index is 5.14. The van der Waals surface area contributed by atoms with Gasteiger partial charge in [-0.25, -0.2) is 0 Å². The van der Waals surface area contributed by atoms with Gasteiger partial charge in [-0.3, -0.25) is 0 Å². The van der Waals surface area contributed by atoms with E-state index in [4.69, 9.17) is 6.42 Å². The Kier molecular flexibility index (Phi) is 5.35. The zero-order valence-corrected chi connectivity index (χ0v) is 7.48. The summed E-state index contributed by atoms with van der Waals surface area (Å²) < 4.78 is 0. The summed E-state index contributed by atoms with van der Waals surface area (Å²) in [5, 5.41) is 0. The first kappa shape index (κ1) is 10.1. The van der Waals surface area contributed by atoms with Gasteiger partial charge < -0.3 is 0 Å². The molecule has 0 nitrogen and oxygen atoms in total. The number of hydrogen-bond donors (Lipinski definition) is 0. The van der Waals surface area contributed by atoms with Crippen molar-refractivity contribution in [2.75, 3.05) is 0 Å². The third-order valence-electron chi connectivity index (χ3n) is 1.69. The van der Waals surface area contributed by atoms with Crippen molar-refractivity contribution < 1.29 is 0 Å². The molecular formula is C11H16. The van der Waals surface area contributed by atoms with Crippen molar-refractivity contribution in [2.24, 2.45) is 5.92 Å². The maximum absolute atomic E-state index is 5.14. The number of terminal acetylenes is 1. The molecular weight excluding hydrogens is 132 g/mol. The van der Waals surface area contributed by atoms with Gasteiger partial charge in [-0.2, -0.15) is 0 Å². The maximum Gasteiger partial charge on any atom is 0.00893 e. The first-order valence-corrected chi connectivity index (χ1v) is 4.04. The molecule has 0 amide bonds. The molecule has 0 fully saturated rings. The molecule has 0 saturated heterocycles. The van der Waals surface area contributed by atoms with Crippen molar-refractivity contribution in [3.8, 4) is 12.3 Å². The standard InChI is InChI=1S/C11H16/c1-5-7-8-9-11(6-2)10(3)4/h1,10H,2,7-9H2,3-4H3. The first-order chi connectivity index (χ1) is 5.22. The monoisotopic (exact) mass is 148 g/mol. The van der Waals surface area contributed by atoms with E-state index in [-0.39, 0.29) is 0 Å². The van der Waals surface area contributed by atoms with Crippen LogP contribution in [0.25, 0.3) is 0 Å². The lowest BCUT2D eigenvalue weighted by atomic mass is 9.99. The van der Waals surface area contributed by atoms with Crippen molar-refractivity contribution in [2.45, 2.75) is 33.1 Å². The Hall–Kier alpha value is -0.920. The average molecular weight is 148 g/mol. The van der Waals surface area contributed by atoms with E-state index in [9.17, 15) is 0 Å². The number of allylic oxidation sites excluding steroid dienone is 1. The van der Waals surface area contributed by atoms with Gasteiger partial charge >= 0.3 is 0 Å². The van der Waals surface area contributed by atoms with Crippen molar-refractivity contribution >= 4 is 0 Å². The predicted molar refractivity (Wildman–Crippen MR) is 50.2 cm³/mol. The number of rotatable bonds is 4. The smallest absolute Gasteiger partial charge is 0.00893 e. The fourth-order valence-electron chi connectivity index (χ4n) is 0.962. The van der Waals surface area contributed by atoms with Crippen LogP contribution in [-0.2, 0) is 0 Å². The van der Waals surface area contributed by atoms with E-state index in [1.165, 1.54) is 5.57 Å². The molecule has 0 radical (unpaired) electrons. The number of hydrogen-bond acceptors (Lipinski definition) is 0. The quantitative estimate of drug-likeness (QED) is 0.326. The summed E-state index contributed by atoms with van der Waals surface area (Å²) in [6.07, 6.45) is 8.11. The highest BCUT2D eigenvalue weighted by Crippen LogP contribution is 2.14. The topological polar surface area (TPSA) is 0 Å². The van der Waals surface area contributed by atoms with Crippen LogP contribution < -0.4 is 0 Å². The Morgan fingerprint density at radius 3 is 2.55 bits per heavy atom. The van der Waals surface area contributed by atoms with Crippen LogP contribution in [-0.4, -0.2) is 0 Å². The van der Waals surface area contributed by atoms with Crippen molar-refractivity contribution in [3.05, 3.63) is 17.9 Å². The van der Waals surface area contributed by atoms with Crippen LogP contribution in [0.2, 0.25) is 0 Å². The van der Waals surface area contributed by atoms with E-state index in [1.54, 1.807) is 0 Å². The van der Waals surface area contributed by atoms with Gasteiger partial charge in [-0.05, 0) is 24.3 Å². The fraction of sp³-hybridized carbons (Fsp3) is 0.545. The number of unbranched alkanes of at least 4 members (excludes halogenated alkanes) is 1. The molecule has 11 heavy (non-hydrogen) atoms. The minimum atomic E-state index is 0.560. The molecule has 0 aromatic rings. The van der Waals surface area contributed by atoms with E-state index >= 15 is 0 Å². The van der Waals surface area contributed by atoms with Gasteiger partial charge in [0.05, 0.1) is 0 Å². The van der Waals surface area contributed by atoms with E-state index in [2.05, 4.69) is 32.1 Å². The Bertz CT molecular complexity index is 185. The Balaban J connectivity index is 3.75. The molecule has 0 unspecified atom stereocenters. The summed E-state index contributed by atoms with van der Waals surface area (Å²) in [5.74, 6) is 3.18. The molecule has 0 aromatic carbocycles. The van der Waals surface area contributed by atoms with E-state index in [0.717, 1.165) is 19.3 Å². The summed E-state index contributed by atoms with van der Waals surface area (Å²) in [7, 11) is 0. The first-order valence-electron chi connectivity index (χ1n) is 4.04. The van der Waals surface area contributed by atoms with Gasteiger partial charge in [0.2, 0.25) is 0 Å². The highest BCUT2D eigenvalue weighted by molar-refractivity contribution is 5.02. The zero-order chi connectivity index (χ0) is 8.69. The van der Waals surface area contributed by atoms with Gasteiger partial charge in [-0.15, -0.1) is 18.1 Å².